The number of Topliss-reactive ketones (excluding diaryl/α,β-unsaturated/α-hetero) is 1. The molecule has 0 saturated carbocycles. The molecule has 0 aliphatic carbocycles. The van der Waals surface area contributed by atoms with Gasteiger partial charge in [0.2, 0.25) is 0 Å². The molecule has 6 nitrogen and oxygen atoms in total. The topological polar surface area (TPSA) is 123 Å². The van der Waals surface area contributed by atoms with E-state index in [1.807, 2.05) is 6.07 Å². The number of hydrogen-bond donors (Lipinski definition) is 3. The molecule has 1 rings (SSSR count). The maximum atomic E-state index is 11.8. The first-order valence-electron chi connectivity index (χ1n) is 5.36. The predicted molar refractivity (Wildman–Crippen MR) is 67.5 cm³/mol. The molecule has 2 atom stereocenters. The summed E-state index contributed by atoms with van der Waals surface area (Å²) in [4.78, 5) is 11.8. The van der Waals surface area contributed by atoms with Crippen molar-refractivity contribution in [1.29, 1.82) is 0 Å². The van der Waals surface area contributed by atoms with Crippen LogP contribution in [0.2, 0.25) is 0 Å². The molecule has 0 radical (unpaired) electrons. The maximum Gasteiger partial charge on any atom is 0.276 e. The Morgan fingerprint density at radius 1 is 1.28 bits per heavy atom. The lowest BCUT2D eigenvalue weighted by atomic mass is 10.0. The van der Waals surface area contributed by atoms with Crippen molar-refractivity contribution in [2.45, 2.75) is 17.7 Å². The van der Waals surface area contributed by atoms with Gasteiger partial charge >= 0.3 is 0 Å². The molecule has 0 saturated heterocycles. The molecule has 100 valence electrons. The van der Waals surface area contributed by atoms with Gasteiger partial charge in [-0.25, -0.2) is 0 Å². The Morgan fingerprint density at radius 2 is 1.83 bits per heavy atom. The quantitative estimate of drug-likeness (QED) is 0.591. The third-order valence-corrected chi connectivity index (χ3v) is 3.70. The minimum atomic E-state index is -4.51. The standard InChI is InChI=1S/C11H16N2O4S/c12-7-10(18(15,16)17)11(14)9(13)6-8-4-2-1-3-5-8/h1-5,9-10H,6-7,12-13H2,(H,15,16,17). The smallest absolute Gasteiger partial charge is 0.276 e. The Balaban J connectivity index is 2.78. The molecule has 7 heteroatoms. The van der Waals surface area contributed by atoms with Crippen LogP contribution in [-0.4, -0.2) is 36.6 Å². The van der Waals surface area contributed by atoms with Gasteiger partial charge in [0.15, 0.2) is 11.0 Å². The Morgan fingerprint density at radius 3 is 2.28 bits per heavy atom. The molecule has 0 amide bonds. The number of carbonyl (C=O) groups is 1. The lowest BCUT2D eigenvalue weighted by molar-refractivity contribution is -0.119. The van der Waals surface area contributed by atoms with Crippen molar-refractivity contribution in [3.63, 3.8) is 0 Å². The van der Waals surface area contributed by atoms with Crippen molar-refractivity contribution in [2.75, 3.05) is 6.54 Å². The summed E-state index contributed by atoms with van der Waals surface area (Å²) in [7, 11) is -4.51. The van der Waals surface area contributed by atoms with E-state index >= 15 is 0 Å². The van der Waals surface area contributed by atoms with E-state index < -0.39 is 33.7 Å². The molecule has 5 N–H and O–H groups in total. The molecule has 0 aromatic heterocycles. The first kappa shape index (κ1) is 14.8. The molecule has 0 aliphatic rings. The van der Waals surface area contributed by atoms with E-state index in [4.69, 9.17) is 16.0 Å². The lowest BCUT2D eigenvalue weighted by Crippen LogP contribution is -2.47. The van der Waals surface area contributed by atoms with E-state index in [2.05, 4.69) is 0 Å². The van der Waals surface area contributed by atoms with Crippen LogP contribution < -0.4 is 11.5 Å². The first-order chi connectivity index (χ1) is 8.36. The molecule has 0 aliphatic heterocycles. The first-order valence-corrected chi connectivity index (χ1v) is 6.86. The van der Waals surface area contributed by atoms with Crippen LogP contribution >= 0.6 is 0 Å². The second kappa shape index (κ2) is 6.05. The van der Waals surface area contributed by atoms with Gasteiger partial charge in [-0.1, -0.05) is 30.3 Å². The second-order valence-corrected chi connectivity index (χ2v) is 5.54. The summed E-state index contributed by atoms with van der Waals surface area (Å²) in [6.07, 6.45) is 0.200. The van der Waals surface area contributed by atoms with Crippen molar-refractivity contribution in [3.05, 3.63) is 35.9 Å². The van der Waals surface area contributed by atoms with E-state index in [1.165, 1.54) is 0 Å². The molecule has 0 fully saturated rings. The Bertz CT molecular complexity index is 501. The van der Waals surface area contributed by atoms with Crippen LogP contribution in [0.5, 0.6) is 0 Å². The van der Waals surface area contributed by atoms with Gasteiger partial charge in [-0.2, -0.15) is 8.42 Å². The average Bonchev–Trinajstić information content (AvgIpc) is 2.29. The summed E-state index contributed by atoms with van der Waals surface area (Å²) < 4.78 is 30.8. The molecule has 0 heterocycles. The third-order valence-electron chi connectivity index (χ3n) is 2.55. The monoisotopic (exact) mass is 272 g/mol. The minimum absolute atomic E-state index is 0.200. The van der Waals surface area contributed by atoms with Crippen LogP contribution in [0.3, 0.4) is 0 Å². The highest BCUT2D eigenvalue weighted by Gasteiger charge is 2.33. The Kier molecular flexibility index (Phi) is 4.97. The number of hydrogen-bond acceptors (Lipinski definition) is 5. The fourth-order valence-electron chi connectivity index (χ4n) is 1.59. The molecule has 0 bridgehead atoms. The van der Waals surface area contributed by atoms with E-state index in [9.17, 15) is 13.2 Å². The van der Waals surface area contributed by atoms with Crippen molar-refractivity contribution in [3.8, 4) is 0 Å². The summed E-state index contributed by atoms with van der Waals surface area (Å²) >= 11 is 0. The molecule has 18 heavy (non-hydrogen) atoms. The van der Waals surface area contributed by atoms with Crippen LogP contribution in [0.25, 0.3) is 0 Å². The van der Waals surface area contributed by atoms with Crippen LogP contribution in [-0.2, 0) is 21.3 Å². The normalized spacial score (nSPS) is 15.1. The molecular formula is C11H16N2O4S. The van der Waals surface area contributed by atoms with Crippen LogP contribution in [0.1, 0.15) is 5.56 Å². The number of carbonyl (C=O) groups excluding carboxylic acids is 1. The van der Waals surface area contributed by atoms with Crippen molar-refractivity contribution in [2.24, 2.45) is 11.5 Å². The number of benzene rings is 1. The zero-order valence-electron chi connectivity index (χ0n) is 9.69. The summed E-state index contributed by atoms with van der Waals surface area (Å²) in [5, 5.41) is -1.66. The summed E-state index contributed by atoms with van der Waals surface area (Å²) in [6.45, 7) is -0.486. The number of nitrogens with two attached hydrogens (primary N) is 2. The molecule has 1 aromatic carbocycles. The van der Waals surface area contributed by atoms with Gasteiger partial charge in [0.05, 0.1) is 6.04 Å². The summed E-state index contributed by atoms with van der Waals surface area (Å²) in [5.41, 5.74) is 11.6. The molecular weight excluding hydrogens is 256 g/mol. The van der Waals surface area contributed by atoms with Gasteiger partial charge in [0, 0.05) is 6.54 Å². The number of rotatable bonds is 6. The SMILES string of the molecule is NCC(C(=O)C(N)Cc1ccccc1)S(=O)(=O)O. The third kappa shape index (κ3) is 3.88. The highest BCUT2D eigenvalue weighted by molar-refractivity contribution is 7.87. The van der Waals surface area contributed by atoms with Gasteiger partial charge in [-0.05, 0) is 12.0 Å². The van der Waals surface area contributed by atoms with E-state index in [0.717, 1.165) is 5.56 Å². The molecule has 0 spiro atoms. The highest BCUT2D eigenvalue weighted by Crippen LogP contribution is 2.07. The maximum absolute atomic E-state index is 11.8. The predicted octanol–water partition coefficient (Wildman–Crippen LogP) is -0.659. The lowest BCUT2D eigenvalue weighted by Gasteiger charge is -2.16. The second-order valence-electron chi connectivity index (χ2n) is 3.94. The zero-order chi connectivity index (χ0) is 13.8. The Hall–Kier alpha value is -1.28. The van der Waals surface area contributed by atoms with Gasteiger partial charge in [-0.3, -0.25) is 9.35 Å². The van der Waals surface area contributed by atoms with Gasteiger partial charge < -0.3 is 11.5 Å². The fraction of sp³-hybridized carbons (Fsp3) is 0.364. The van der Waals surface area contributed by atoms with Crippen LogP contribution in [0, 0.1) is 0 Å². The molecule has 2 unspecified atom stereocenters. The van der Waals surface area contributed by atoms with Crippen LogP contribution in [0.15, 0.2) is 30.3 Å². The highest BCUT2D eigenvalue weighted by atomic mass is 32.2. The van der Waals surface area contributed by atoms with Crippen molar-refractivity contribution < 1.29 is 17.8 Å². The fourth-order valence-corrected chi connectivity index (χ4v) is 2.30. The minimum Gasteiger partial charge on any atom is -0.329 e. The molecule has 1 aromatic rings. The van der Waals surface area contributed by atoms with Gasteiger partial charge in [0.25, 0.3) is 10.1 Å². The van der Waals surface area contributed by atoms with Gasteiger partial charge in [0.1, 0.15) is 0 Å². The Labute approximate surface area is 106 Å². The largest absolute Gasteiger partial charge is 0.329 e. The number of ketones is 1. The van der Waals surface area contributed by atoms with E-state index in [0.29, 0.717) is 0 Å². The average molecular weight is 272 g/mol. The van der Waals surface area contributed by atoms with E-state index in [-0.39, 0.29) is 6.42 Å². The van der Waals surface area contributed by atoms with Gasteiger partial charge in [-0.15, -0.1) is 0 Å². The summed E-state index contributed by atoms with van der Waals surface area (Å²) in [5.74, 6) is -0.774. The van der Waals surface area contributed by atoms with Crippen LogP contribution in [0.4, 0.5) is 0 Å². The van der Waals surface area contributed by atoms with E-state index in [1.54, 1.807) is 24.3 Å². The zero-order valence-corrected chi connectivity index (χ0v) is 10.5. The van der Waals surface area contributed by atoms with Crippen molar-refractivity contribution >= 4 is 15.9 Å². The van der Waals surface area contributed by atoms with Crippen molar-refractivity contribution in [1.82, 2.24) is 0 Å². The summed E-state index contributed by atoms with van der Waals surface area (Å²) in [6, 6.07) is 7.93.